The van der Waals surface area contributed by atoms with Gasteiger partial charge in [0, 0.05) is 0 Å². The molecule has 1 heterocycles. The Morgan fingerprint density at radius 2 is 2.21 bits per heavy atom. The predicted octanol–water partition coefficient (Wildman–Crippen LogP) is 2.48. The highest BCUT2D eigenvalue weighted by molar-refractivity contribution is 5.22. The molecule has 1 aliphatic carbocycles. The summed E-state index contributed by atoms with van der Waals surface area (Å²) in [5.74, 6) is 0.406. The van der Waals surface area contributed by atoms with Crippen LogP contribution in [0.15, 0.2) is 11.8 Å². The van der Waals surface area contributed by atoms with Crippen LogP contribution in [-0.2, 0) is 4.74 Å². The van der Waals surface area contributed by atoms with Crippen molar-refractivity contribution in [2.45, 2.75) is 45.6 Å². The summed E-state index contributed by atoms with van der Waals surface area (Å²) in [5.41, 5.74) is 0.741. The van der Waals surface area contributed by atoms with Crippen molar-refractivity contribution in [3.05, 3.63) is 11.8 Å². The van der Waals surface area contributed by atoms with Crippen LogP contribution in [-0.4, -0.2) is 17.3 Å². The summed E-state index contributed by atoms with van der Waals surface area (Å²) in [5, 5.41) is 10.5. The van der Waals surface area contributed by atoms with E-state index in [1.807, 2.05) is 6.92 Å². The molecule has 0 bridgehead atoms. The summed E-state index contributed by atoms with van der Waals surface area (Å²) in [4.78, 5) is 0. The molecule has 2 aliphatic rings. The molecule has 0 amide bonds. The molecule has 0 aromatic heterocycles. The predicted molar refractivity (Wildman–Crippen MR) is 55.8 cm³/mol. The average Bonchev–Trinajstić information content (AvgIpc) is 2.78. The Bertz CT molecular complexity index is 263. The molecule has 1 aliphatic heterocycles. The molecule has 0 aromatic carbocycles. The van der Waals surface area contributed by atoms with Gasteiger partial charge in [0.05, 0.1) is 18.5 Å². The zero-order chi connectivity index (χ0) is 10.4. The van der Waals surface area contributed by atoms with E-state index in [0.717, 1.165) is 31.4 Å². The Hall–Kier alpha value is -0.500. The molecule has 0 radical (unpaired) electrons. The largest absolute Gasteiger partial charge is 0.501 e. The maximum atomic E-state index is 10.5. The SMILES string of the molecule is CC1(C)CC1C(C)(O)C1=COCCC1. The van der Waals surface area contributed by atoms with Crippen LogP contribution < -0.4 is 0 Å². The van der Waals surface area contributed by atoms with Gasteiger partial charge in [0.2, 0.25) is 0 Å². The van der Waals surface area contributed by atoms with Gasteiger partial charge in [-0.15, -0.1) is 0 Å². The summed E-state index contributed by atoms with van der Waals surface area (Å²) in [6, 6.07) is 0. The van der Waals surface area contributed by atoms with Gasteiger partial charge in [0.1, 0.15) is 0 Å². The van der Waals surface area contributed by atoms with Gasteiger partial charge in [0.25, 0.3) is 0 Å². The van der Waals surface area contributed by atoms with Crippen LogP contribution in [0.25, 0.3) is 0 Å². The molecule has 2 atom stereocenters. The van der Waals surface area contributed by atoms with Crippen molar-refractivity contribution in [1.29, 1.82) is 0 Å². The molecule has 80 valence electrons. The molecule has 0 spiro atoms. The van der Waals surface area contributed by atoms with Crippen molar-refractivity contribution in [2.24, 2.45) is 11.3 Å². The molecule has 2 unspecified atom stereocenters. The normalized spacial score (nSPS) is 34.0. The lowest BCUT2D eigenvalue weighted by Crippen LogP contribution is -2.33. The highest BCUT2D eigenvalue weighted by Gasteiger charge is 2.56. The third kappa shape index (κ3) is 1.56. The summed E-state index contributed by atoms with van der Waals surface area (Å²) < 4.78 is 5.29. The minimum atomic E-state index is -0.649. The van der Waals surface area contributed by atoms with Crippen LogP contribution in [0.3, 0.4) is 0 Å². The quantitative estimate of drug-likeness (QED) is 0.735. The first-order valence-corrected chi connectivity index (χ1v) is 5.48. The summed E-state index contributed by atoms with van der Waals surface area (Å²) in [6.45, 7) is 7.17. The second kappa shape index (κ2) is 2.99. The third-order valence-corrected chi connectivity index (χ3v) is 3.78. The van der Waals surface area contributed by atoms with E-state index < -0.39 is 5.60 Å². The first-order chi connectivity index (χ1) is 6.44. The summed E-state index contributed by atoms with van der Waals surface area (Å²) in [6.07, 6.45) is 4.92. The lowest BCUT2D eigenvalue weighted by molar-refractivity contribution is 0.0477. The lowest BCUT2D eigenvalue weighted by Gasteiger charge is -2.30. The maximum absolute atomic E-state index is 10.5. The minimum absolute atomic E-state index is 0.307. The highest BCUT2D eigenvalue weighted by Crippen LogP contribution is 2.59. The monoisotopic (exact) mass is 196 g/mol. The fraction of sp³-hybridized carbons (Fsp3) is 0.833. The fourth-order valence-electron chi connectivity index (χ4n) is 2.59. The van der Waals surface area contributed by atoms with Crippen LogP contribution >= 0.6 is 0 Å². The van der Waals surface area contributed by atoms with Gasteiger partial charge in [0.15, 0.2) is 0 Å². The Kier molecular flexibility index (Phi) is 2.15. The van der Waals surface area contributed by atoms with Crippen LogP contribution in [0.5, 0.6) is 0 Å². The van der Waals surface area contributed by atoms with Crippen LogP contribution in [0.2, 0.25) is 0 Å². The van der Waals surface area contributed by atoms with E-state index >= 15 is 0 Å². The molecule has 0 saturated heterocycles. The zero-order valence-electron chi connectivity index (χ0n) is 9.34. The second-order valence-electron chi connectivity index (χ2n) is 5.51. The van der Waals surface area contributed by atoms with Crippen molar-refractivity contribution >= 4 is 0 Å². The smallest absolute Gasteiger partial charge is 0.0894 e. The van der Waals surface area contributed by atoms with E-state index in [0.29, 0.717) is 11.3 Å². The van der Waals surface area contributed by atoms with Gasteiger partial charge in [-0.3, -0.25) is 0 Å². The number of hydrogen-bond donors (Lipinski definition) is 1. The number of rotatable bonds is 2. The van der Waals surface area contributed by atoms with Crippen molar-refractivity contribution < 1.29 is 9.84 Å². The van der Waals surface area contributed by atoms with Crippen LogP contribution in [0.1, 0.15) is 40.0 Å². The Balaban J connectivity index is 2.12. The second-order valence-corrected chi connectivity index (χ2v) is 5.51. The van der Waals surface area contributed by atoms with E-state index in [4.69, 9.17) is 4.74 Å². The molecule has 2 rings (SSSR count). The lowest BCUT2D eigenvalue weighted by atomic mass is 9.84. The first kappa shape index (κ1) is 10.0. The highest BCUT2D eigenvalue weighted by atomic mass is 16.5. The molecule has 2 heteroatoms. The Morgan fingerprint density at radius 1 is 1.57 bits per heavy atom. The van der Waals surface area contributed by atoms with E-state index in [1.165, 1.54) is 0 Å². The third-order valence-electron chi connectivity index (χ3n) is 3.78. The van der Waals surface area contributed by atoms with Crippen molar-refractivity contribution in [3.63, 3.8) is 0 Å². The van der Waals surface area contributed by atoms with Gasteiger partial charge in [-0.1, -0.05) is 13.8 Å². The van der Waals surface area contributed by atoms with E-state index in [2.05, 4.69) is 13.8 Å². The van der Waals surface area contributed by atoms with E-state index in [9.17, 15) is 5.11 Å². The molecule has 1 saturated carbocycles. The van der Waals surface area contributed by atoms with E-state index in [1.54, 1.807) is 6.26 Å². The average molecular weight is 196 g/mol. The maximum Gasteiger partial charge on any atom is 0.0894 e. The number of aliphatic hydroxyl groups is 1. The minimum Gasteiger partial charge on any atom is -0.501 e. The van der Waals surface area contributed by atoms with Gasteiger partial charge >= 0.3 is 0 Å². The van der Waals surface area contributed by atoms with Crippen molar-refractivity contribution in [2.75, 3.05) is 6.61 Å². The molecule has 0 aromatic rings. The van der Waals surface area contributed by atoms with Crippen LogP contribution in [0, 0.1) is 11.3 Å². The molecule has 1 fully saturated rings. The van der Waals surface area contributed by atoms with Crippen LogP contribution in [0.4, 0.5) is 0 Å². The number of ether oxygens (including phenoxy) is 1. The Morgan fingerprint density at radius 3 is 2.64 bits per heavy atom. The molecule has 1 N–H and O–H groups in total. The zero-order valence-corrected chi connectivity index (χ0v) is 9.34. The molecule has 14 heavy (non-hydrogen) atoms. The van der Waals surface area contributed by atoms with Crippen molar-refractivity contribution in [3.8, 4) is 0 Å². The van der Waals surface area contributed by atoms with E-state index in [-0.39, 0.29) is 0 Å². The first-order valence-electron chi connectivity index (χ1n) is 5.48. The van der Waals surface area contributed by atoms with Gasteiger partial charge < -0.3 is 9.84 Å². The molecule has 2 nitrogen and oxygen atoms in total. The topological polar surface area (TPSA) is 29.5 Å². The van der Waals surface area contributed by atoms with Gasteiger partial charge in [-0.2, -0.15) is 0 Å². The summed E-state index contributed by atoms with van der Waals surface area (Å²) >= 11 is 0. The molecular formula is C12H20O2. The van der Waals surface area contributed by atoms with Crippen molar-refractivity contribution in [1.82, 2.24) is 0 Å². The van der Waals surface area contributed by atoms with Gasteiger partial charge in [-0.25, -0.2) is 0 Å². The fourth-order valence-corrected chi connectivity index (χ4v) is 2.59. The summed E-state index contributed by atoms with van der Waals surface area (Å²) in [7, 11) is 0. The molecular weight excluding hydrogens is 176 g/mol. The Labute approximate surface area is 86.0 Å². The standard InChI is InChI=1S/C12H20O2/c1-11(2)7-10(11)12(3,13)9-5-4-6-14-8-9/h8,10,13H,4-7H2,1-3H3. The van der Waals surface area contributed by atoms with Gasteiger partial charge in [-0.05, 0) is 43.1 Å². The number of hydrogen-bond acceptors (Lipinski definition) is 2.